The van der Waals surface area contributed by atoms with Crippen LogP contribution in [0.15, 0.2) is 72.8 Å². The number of nitrogens with zero attached hydrogens (tertiary/aromatic N) is 1. The zero-order valence-corrected chi connectivity index (χ0v) is 25.0. The molecule has 0 unspecified atom stereocenters. The molecule has 4 aromatic rings. The number of nitro benzene ring substituents is 1. The number of nitro groups is 1. The number of hydrogen-bond donors (Lipinski definition) is 1. The highest BCUT2D eigenvalue weighted by molar-refractivity contribution is 6.01. The lowest BCUT2D eigenvalue weighted by Gasteiger charge is -2.12. The first-order valence-corrected chi connectivity index (χ1v) is 13.4. The Kier molecular flexibility index (Phi) is 10.0. The number of rotatable bonds is 8. The number of ether oxygens (including phenoxy) is 5. The van der Waals surface area contributed by atoms with E-state index in [1.165, 1.54) is 27.4 Å². The minimum atomic E-state index is -0.482. The molecule has 11 nitrogen and oxygen atoms in total. The molecular formula is C33H32N2O9. The minimum absolute atomic E-state index is 0.0216. The maximum Gasteiger partial charge on any atom is 0.310 e. The highest BCUT2D eigenvalue weighted by Crippen LogP contribution is 2.38. The van der Waals surface area contributed by atoms with Crippen molar-refractivity contribution >= 4 is 23.3 Å². The fraction of sp³-hybridized carbons (Fsp3) is 0.212. The molecule has 0 radical (unpaired) electrons. The van der Waals surface area contributed by atoms with Crippen LogP contribution in [0.25, 0.3) is 22.3 Å². The van der Waals surface area contributed by atoms with E-state index in [4.69, 9.17) is 23.7 Å². The molecule has 0 fully saturated rings. The van der Waals surface area contributed by atoms with E-state index in [0.717, 1.165) is 33.9 Å². The number of esters is 1. The molecule has 0 aromatic heterocycles. The van der Waals surface area contributed by atoms with Crippen molar-refractivity contribution in [1.82, 2.24) is 0 Å². The monoisotopic (exact) mass is 600 g/mol. The molecule has 0 saturated carbocycles. The lowest BCUT2D eigenvalue weighted by Crippen LogP contribution is -2.12. The van der Waals surface area contributed by atoms with Crippen LogP contribution >= 0.6 is 0 Å². The van der Waals surface area contributed by atoms with Crippen LogP contribution in [-0.2, 0) is 27.2 Å². The molecule has 0 aliphatic carbocycles. The zero-order chi connectivity index (χ0) is 31.8. The zero-order valence-electron chi connectivity index (χ0n) is 25.0. The van der Waals surface area contributed by atoms with Crippen molar-refractivity contribution in [3.05, 3.63) is 94.0 Å². The van der Waals surface area contributed by atoms with Crippen molar-refractivity contribution in [2.75, 3.05) is 40.9 Å². The smallest absolute Gasteiger partial charge is 0.310 e. The fourth-order valence-corrected chi connectivity index (χ4v) is 4.81. The first-order chi connectivity index (χ1) is 21.2. The van der Waals surface area contributed by atoms with Gasteiger partial charge in [-0.05, 0) is 70.8 Å². The van der Waals surface area contributed by atoms with E-state index < -0.39 is 10.9 Å². The van der Waals surface area contributed by atoms with Gasteiger partial charge >= 0.3 is 5.97 Å². The third-order valence-corrected chi connectivity index (χ3v) is 7.02. The van der Waals surface area contributed by atoms with E-state index in [-0.39, 0.29) is 18.0 Å². The van der Waals surface area contributed by atoms with Gasteiger partial charge in [0, 0.05) is 11.6 Å². The van der Waals surface area contributed by atoms with E-state index >= 15 is 0 Å². The van der Waals surface area contributed by atoms with Crippen LogP contribution in [0.2, 0.25) is 0 Å². The van der Waals surface area contributed by atoms with Crippen LogP contribution in [0.5, 0.6) is 23.0 Å². The molecule has 1 aliphatic rings. The standard InChI is InChI=1S/C17H17NO6.C16H15NO3/c1-22-12-4-6-14(11(8-12)9-17(19)24-3)15-7-5-13(23-2)10-16(15)18(20)21;1-19-11-3-5-13-10(7-11)8-16(18)17-15-9-12(20-2)4-6-14(13)15/h4-8,10H,9H2,1-3H3;3-7,9H,8H2,1-2H3,(H,17,18). The van der Waals surface area contributed by atoms with E-state index in [2.05, 4.69) is 5.32 Å². The summed E-state index contributed by atoms with van der Waals surface area (Å²) in [6.07, 6.45) is 0.315. The van der Waals surface area contributed by atoms with Crippen molar-refractivity contribution in [2.45, 2.75) is 12.8 Å². The maximum absolute atomic E-state index is 12.0. The average Bonchev–Trinajstić information content (AvgIpc) is 3.18. The Morgan fingerprint density at radius 2 is 1.25 bits per heavy atom. The Morgan fingerprint density at radius 3 is 1.84 bits per heavy atom. The van der Waals surface area contributed by atoms with Crippen molar-refractivity contribution in [3.8, 4) is 45.3 Å². The van der Waals surface area contributed by atoms with Gasteiger partial charge in [-0.1, -0.05) is 12.1 Å². The average molecular weight is 601 g/mol. The Labute approximate surface area is 254 Å². The van der Waals surface area contributed by atoms with E-state index in [9.17, 15) is 19.7 Å². The van der Waals surface area contributed by atoms with Gasteiger partial charge in [0.1, 0.15) is 23.0 Å². The molecular weight excluding hydrogens is 568 g/mol. The summed E-state index contributed by atoms with van der Waals surface area (Å²) in [5, 5.41) is 14.3. The number of amides is 1. The van der Waals surface area contributed by atoms with Crippen molar-refractivity contribution in [3.63, 3.8) is 0 Å². The molecule has 1 aliphatic heterocycles. The van der Waals surface area contributed by atoms with Gasteiger partial charge in [-0.25, -0.2) is 0 Å². The summed E-state index contributed by atoms with van der Waals surface area (Å²) < 4.78 is 25.4. The van der Waals surface area contributed by atoms with Crippen LogP contribution in [0, 0.1) is 10.1 Å². The summed E-state index contributed by atoms with van der Waals surface area (Å²) in [6, 6.07) is 21.1. The van der Waals surface area contributed by atoms with Gasteiger partial charge in [0.05, 0.1) is 70.6 Å². The largest absolute Gasteiger partial charge is 0.497 e. The maximum atomic E-state index is 12.0. The lowest BCUT2D eigenvalue weighted by atomic mass is 9.96. The van der Waals surface area contributed by atoms with Crippen LogP contribution < -0.4 is 24.3 Å². The summed E-state index contributed by atoms with van der Waals surface area (Å²) in [5.74, 6) is 1.93. The third-order valence-electron chi connectivity index (χ3n) is 7.02. The molecule has 0 atom stereocenters. The number of methoxy groups -OCH3 is 5. The van der Waals surface area contributed by atoms with Crippen LogP contribution in [0.3, 0.4) is 0 Å². The van der Waals surface area contributed by atoms with Gasteiger partial charge in [0.15, 0.2) is 0 Å². The molecule has 5 rings (SSSR count). The van der Waals surface area contributed by atoms with Crippen molar-refractivity contribution in [1.29, 1.82) is 0 Å². The van der Waals surface area contributed by atoms with Crippen molar-refractivity contribution < 1.29 is 38.2 Å². The number of hydrogen-bond acceptors (Lipinski definition) is 9. The Balaban J connectivity index is 0.000000204. The fourth-order valence-electron chi connectivity index (χ4n) is 4.81. The normalized spacial score (nSPS) is 11.3. The number of fused-ring (bicyclic) bond motifs is 3. The molecule has 11 heteroatoms. The van der Waals surface area contributed by atoms with E-state index in [1.54, 1.807) is 44.6 Å². The second-order valence-electron chi connectivity index (χ2n) is 9.58. The van der Waals surface area contributed by atoms with Crippen LogP contribution in [0.4, 0.5) is 11.4 Å². The van der Waals surface area contributed by atoms with Crippen molar-refractivity contribution in [2.24, 2.45) is 0 Å². The minimum Gasteiger partial charge on any atom is -0.497 e. The van der Waals surface area contributed by atoms with E-state index in [1.807, 2.05) is 36.4 Å². The summed E-state index contributed by atoms with van der Waals surface area (Å²) in [7, 11) is 7.47. The second kappa shape index (κ2) is 14.1. The van der Waals surface area contributed by atoms with Gasteiger partial charge in [-0.3, -0.25) is 19.7 Å². The van der Waals surface area contributed by atoms with Gasteiger partial charge in [0.2, 0.25) is 5.91 Å². The Hall–Kier alpha value is -5.58. The SMILES string of the molecule is COC(=O)Cc1cc(OC)ccc1-c1ccc(OC)cc1[N+](=O)[O-].COc1ccc2c(c1)CC(=O)Nc1cc(OC)ccc1-2. The van der Waals surface area contributed by atoms with Gasteiger partial charge in [0.25, 0.3) is 5.69 Å². The lowest BCUT2D eigenvalue weighted by molar-refractivity contribution is -0.384. The Bertz CT molecular complexity index is 1640. The number of carbonyl (C=O) groups is 2. The number of benzene rings is 4. The first kappa shape index (κ1) is 31.4. The summed E-state index contributed by atoms with van der Waals surface area (Å²) in [5.41, 5.74) is 5.21. The highest BCUT2D eigenvalue weighted by atomic mass is 16.6. The van der Waals surface area contributed by atoms with Gasteiger partial charge in [-0.15, -0.1) is 0 Å². The topological polar surface area (TPSA) is 135 Å². The molecule has 0 spiro atoms. The highest BCUT2D eigenvalue weighted by Gasteiger charge is 2.21. The second-order valence-corrected chi connectivity index (χ2v) is 9.58. The predicted octanol–water partition coefficient (Wildman–Crippen LogP) is 5.86. The molecule has 0 saturated heterocycles. The van der Waals surface area contributed by atoms with Crippen LogP contribution in [0.1, 0.15) is 11.1 Å². The molecule has 1 heterocycles. The van der Waals surface area contributed by atoms with Gasteiger partial charge < -0.3 is 29.0 Å². The van der Waals surface area contributed by atoms with Gasteiger partial charge in [-0.2, -0.15) is 0 Å². The third kappa shape index (κ3) is 7.06. The van der Waals surface area contributed by atoms with E-state index in [0.29, 0.717) is 34.6 Å². The predicted molar refractivity (Wildman–Crippen MR) is 165 cm³/mol. The molecule has 44 heavy (non-hydrogen) atoms. The summed E-state index contributed by atoms with van der Waals surface area (Å²) >= 11 is 0. The molecule has 1 N–H and O–H groups in total. The quantitative estimate of drug-likeness (QED) is 0.150. The summed E-state index contributed by atoms with van der Waals surface area (Å²) in [6.45, 7) is 0. The first-order valence-electron chi connectivity index (χ1n) is 13.4. The molecule has 4 aromatic carbocycles. The Morgan fingerprint density at radius 1 is 0.727 bits per heavy atom. The molecule has 228 valence electrons. The van der Waals surface area contributed by atoms with Crippen LogP contribution in [-0.4, -0.2) is 52.3 Å². The number of carbonyl (C=O) groups excluding carboxylic acids is 2. The number of anilines is 1. The molecule has 0 bridgehead atoms. The number of nitrogens with one attached hydrogen (secondary N) is 1. The molecule has 1 amide bonds. The summed E-state index contributed by atoms with van der Waals surface area (Å²) in [4.78, 5) is 34.6.